The van der Waals surface area contributed by atoms with Crippen molar-refractivity contribution < 1.29 is 18.8 Å². The van der Waals surface area contributed by atoms with E-state index in [1.165, 1.54) is 25.8 Å². The monoisotopic (exact) mass is 444 g/mol. The molecule has 2 aliphatic heterocycles. The predicted molar refractivity (Wildman–Crippen MR) is 116 cm³/mol. The van der Waals surface area contributed by atoms with Crippen LogP contribution in [0, 0.1) is 5.82 Å². The molecule has 2 aromatic carbocycles. The van der Waals surface area contributed by atoms with E-state index < -0.39 is 35.7 Å². The van der Waals surface area contributed by atoms with Crippen molar-refractivity contribution in [3.63, 3.8) is 0 Å². The van der Waals surface area contributed by atoms with Gasteiger partial charge in [-0.3, -0.25) is 14.5 Å². The summed E-state index contributed by atoms with van der Waals surface area (Å²) < 4.78 is 13.4. The lowest BCUT2D eigenvalue weighted by Crippen LogP contribution is -2.42. The fourth-order valence-corrected chi connectivity index (χ4v) is 4.35. The summed E-state index contributed by atoms with van der Waals surface area (Å²) >= 11 is 6.09. The van der Waals surface area contributed by atoms with Gasteiger partial charge in [-0.15, -0.1) is 0 Å². The Hall–Kier alpha value is -3.13. The smallest absolute Gasteiger partial charge is 0.325 e. The Bertz CT molecular complexity index is 1040. The van der Waals surface area contributed by atoms with Crippen LogP contribution in [0.5, 0.6) is 0 Å². The molecule has 31 heavy (non-hydrogen) atoms. The van der Waals surface area contributed by atoms with Crippen molar-refractivity contribution in [1.29, 1.82) is 0 Å². The number of nitrogens with zero attached hydrogens (tertiary/aromatic N) is 2. The first-order chi connectivity index (χ1) is 14.8. The normalized spacial score (nSPS) is 20.9. The lowest BCUT2D eigenvalue weighted by atomic mass is 9.92. The maximum absolute atomic E-state index is 13.4. The van der Waals surface area contributed by atoms with Gasteiger partial charge in [0.2, 0.25) is 5.91 Å². The molecule has 0 spiro atoms. The Morgan fingerprint density at radius 1 is 1.16 bits per heavy atom. The van der Waals surface area contributed by atoms with E-state index in [1.54, 1.807) is 12.1 Å². The van der Waals surface area contributed by atoms with Gasteiger partial charge >= 0.3 is 6.03 Å². The fourth-order valence-electron chi connectivity index (χ4n) is 3.99. The minimum absolute atomic E-state index is 0.0144. The van der Waals surface area contributed by atoms with Crippen LogP contribution >= 0.6 is 11.6 Å². The summed E-state index contributed by atoms with van der Waals surface area (Å²) in [4.78, 5) is 41.0. The first-order valence-corrected chi connectivity index (χ1v) is 10.4. The van der Waals surface area contributed by atoms with E-state index in [4.69, 9.17) is 11.6 Å². The van der Waals surface area contributed by atoms with Crippen LogP contribution in [-0.2, 0) is 15.1 Å². The lowest BCUT2D eigenvalue weighted by molar-refractivity contribution is -0.133. The molecule has 7 nitrogen and oxygen atoms in total. The van der Waals surface area contributed by atoms with E-state index in [9.17, 15) is 18.8 Å². The summed E-state index contributed by atoms with van der Waals surface area (Å²) in [5, 5.41) is 5.28. The first kappa shape index (κ1) is 21.1. The van der Waals surface area contributed by atoms with Gasteiger partial charge in [-0.1, -0.05) is 17.7 Å². The molecule has 2 aliphatic rings. The number of urea groups is 1. The number of halogens is 2. The van der Waals surface area contributed by atoms with Crippen LogP contribution in [0.15, 0.2) is 42.5 Å². The Kier molecular flexibility index (Phi) is 5.58. The number of amides is 4. The zero-order valence-corrected chi connectivity index (χ0v) is 17.7. The van der Waals surface area contributed by atoms with Crippen LogP contribution in [0.4, 0.5) is 20.6 Å². The molecule has 1 unspecified atom stereocenters. The number of benzene rings is 2. The first-order valence-electron chi connectivity index (χ1n) is 10.0. The molecule has 9 heteroatoms. The minimum Gasteiger partial charge on any atom is -0.372 e. The number of nitrogens with one attached hydrogen (secondary N) is 2. The third kappa shape index (κ3) is 4.07. The van der Waals surface area contributed by atoms with Crippen molar-refractivity contribution in [3.8, 4) is 0 Å². The highest BCUT2D eigenvalue weighted by atomic mass is 35.5. The summed E-state index contributed by atoms with van der Waals surface area (Å²) in [6.45, 7) is 3.07. The Morgan fingerprint density at radius 2 is 1.84 bits per heavy atom. The summed E-state index contributed by atoms with van der Waals surface area (Å²) in [5.41, 5.74) is 0.440. The molecule has 1 atom stereocenters. The van der Waals surface area contributed by atoms with E-state index in [2.05, 4.69) is 15.5 Å². The van der Waals surface area contributed by atoms with Crippen molar-refractivity contribution in [2.24, 2.45) is 0 Å². The molecule has 2 aromatic rings. The largest absolute Gasteiger partial charge is 0.372 e. The van der Waals surface area contributed by atoms with Crippen LogP contribution < -0.4 is 15.5 Å². The molecular formula is C22H22ClFN4O3. The van der Waals surface area contributed by atoms with Gasteiger partial charge in [0.05, 0.1) is 0 Å². The molecule has 162 valence electrons. The van der Waals surface area contributed by atoms with Crippen LogP contribution in [0.3, 0.4) is 0 Å². The molecule has 0 radical (unpaired) electrons. The van der Waals surface area contributed by atoms with Crippen molar-refractivity contribution in [1.82, 2.24) is 10.2 Å². The van der Waals surface area contributed by atoms with Crippen LogP contribution in [0.2, 0.25) is 5.02 Å². The highest BCUT2D eigenvalue weighted by Gasteiger charge is 2.50. The SMILES string of the molecule is CC1(c2ccc(F)cc2Cl)NC(=O)N(CC(=O)Nc2ccc(N3CCCC3)cc2)C1=O. The van der Waals surface area contributed by atoms with Crippen molar-refractivity contribution >= 4 is 40.8 Å². The molecule has 2 fully saturated rings. The fraction of sp³-hybridized carbons (Fsp3) is 0.318. The topological polar surface area (TPSA) is 81.8 Å². The van der Waals surface area contributed by atoms with Crippen LogP contribution in [-0.4, -0.2) is 42.4 Å². The van der Waals surface area contributed by atoms with E-state index in [1.807, 2.05) is 12.1 Å². The third-order valence-electron chi connectivity index (χ3n) is 5.67. The maximum Gasteiger partial charge on any atom is 0.325 e. The van der Waals surface area contributed by atoms with Gasteiger partial charge in [0.15, 0.2) is 0 Å². The molecular weight excluding hydrogens is 423 g/mol. The highest BCUT2D eigenvalue weighted by Crippen LogP contribution is 2.34. The summed E-state index contributed by atoms with van der Waals surface area (Å²) in [6, 6.07) is 10.3. The Morgan fingerprint density at radius 3 is 2.48 bits per heavy atom. The van der Waals surface area contributed by atoms with Gasteiger partial charge in [-0.05, 0) is 56.2 Å². The van der Waals surface area contributed by atoms with Gasteiger partial charge in [0, 0.05) is 35.1 Å². The number of hydrogen-bond acceptors (Lipinski definition) is 4. The molecule has 2 saturated heterocycles. The molecule has 2 heterocycles. The second-order valence-corrected chi connectivity index (χ2v) is 8.27. The standard InChI is InChI=1S/C22H22ClFN4O3/c1-22(17-9-4-14(24)12-18(17)23)20(30)28(21(31)26-22)13-19(29)25-15-5-7-16(8-6-15)27-10-2-3-11-27/h4-9,12H,2-3,10-11,13H2,1H3,(H,25,29)(H,26,31). The molecule has 0 aliphatic carbocycles. The number of imide groups is 1. The molecule has 0 aromatic heterocycles. The predicted octanol–water partition coefficient (Wildman–Crippen LogP) is 3.49. The Labute approximate surface area is 184 Å². The number of anilines is 2. The minimum atomic E-state index is -1.49. The molecule has 0 bridgehead atoms. The maximum atomic E-state index is 13.4. The van der Waals surface area contributed by atoms with E-state index in [-0.39, 0.29) is 10.6 Å². The lowest BCUT2D eigenvalue weighted by Gasteiger charge is -2.23. The van der Waals surface area contributed by atoms with E-state index in [0.717, 1.165) is 35.8 Å². The Balaban J connectivity index is 1.43. The van der Waals surface area contributed by atoms with E-state index >= 15 is 0 Å². The van der Waals surface area contributed by atoms with Gasteiger partial charge < -0.3 is 15.5 Å². The van der Waals surface area contributed by atoms with Crippen LogP contribution in [0.25, 0.3) is 0 Å². The number of carbonyl (C=O) groups is 3. The quantitative estimate of drug-likeness (QED) is 0.692. The third-order valence-corrected chi connectivity index (χ3v) is 5.98. The second kappa shape index (κ2) is 8.19. The molecule has 4 amide bonds. The van der Waals surface area contributed by atoms with Crippen LogP contribution in [0.1, 0.15) is 25.3 Å². The zero-order valence-electron chi connectivity index (χ0n) is 17.0. The van der Waals surface area contributed by atoms with E-state index in [0.29, 0.717) is 5.69 Å². The molecule has 2 N–H and O–H groups in total. The van der Waals surface area contributed by atoms with Gasteiger partial charge in [-0.2, -0.15) is 0 Å². The van der Waals surface area contributed by atoms with Gasteiger partial charge in [0.1, 0.15) is 17.9 Å². The highest BCUT2D eigenvalue weighted by molar-refractivity contribution is 6.32. The van der Waals surface area contributed by atoms with Crippen molar-refractivity contribution in [2.45, 2.75) is 25.3 Å². The van der Waals surface area contributed by atoms with Crippen molar-refractivity contribution in [3.05, 3.63) is 58.9 Å². The van der Waals surface area contributed by atoms with Crippen molar-refractivity contribution in [2.75, 3.05) is 29.9 Å². The summed E-state index contributed by atoms with van der Waals surface area (Å²) in [7, 11) is 0. The molecule has 0 saturated carbocycles. The number of hydrogen-bond donors (Lipinski definition) is 2. The zero-order chi connectivity index (χ0) is 22.2. The molecule has 4 rings (SSSR count). The average Bonchev–Trinajstić information content (AvgIpc) is 3.32. The van der Waals surface area contributed by atoms with Gasteiger partial charge in [0.25, 0.3) is 5.91 Å². The summed E-state index contributed by atoms with van der Waals surface area (Å²) in [6.07, 6.45) is 2.35. The van der Waals surface area contributed by atoms with Gasteiger partial charge in [-0.25, -0.2) is 9.18 Å². The number of rotatable bonds is 5. The number of carbonyl (C=O) groups excluding carboxylic acids is 3. The second-order valence-electron chi connectivity index (χ2n) is 7.86. The summed E-state index contributed by atoms with van der Waals surface area (Å²) in [5.74, 6) is -1.70. The average molecular weight is 445 g/mol.